The number of nitrogens with zero attached hydrogens (tertiary/aromatic N) is 5. The number of amides is 1. The van der Waals surface area contributed by atoms with E-state index in [4.69, 9.17) is 4.74 Å². The highest BCUT2D eigenvalue weighted by Crippen LogP contribution is 2.20. The molecular weight excluding hydrogens is 315 g/mol. The number of carbonyl (C=O) groups is 1. The Labute approximate surface area is 139 Å². The van der Waals surface area contributed by atoms with Crippen LogP contribution >= 0.6 is 0 Å². The smallest absolute Gasteiger partial charge is 0.407 e. The SMILES string of the molecule is CC(C)(C)OC(=O)NC1CCN(c2ncc(F)c3nncn23)CC1. The number of halogens is 1. The predicted octanol–water partition coefficient (Wildman–Crippen LogP) is 1.76. The summed E-state index contributed by atoms with van der Waals surface area (Å²) < 4.78 is 20.5. The minimum atomic E-state index is -0.511. The Morgan fingerprint density at radius 3 is 2.75 bits per heavy atom. The van der Waals surface area contributed by atoms with Gasteiger partial charge in [-0.2, -0.15) is 0 Å². The number of ether oxygens (including phenoxy) is 1. The molecule has 2 aromatic rings. The summed E-state index contributed by atoms with van der Waals surface area (Å²) in [6.45, 7) is 6.87. The Kier molecular flexibility index (Phi) is 4.25. The number of fused-ring (bicyclic) bond motifs is 1. The van der Waals surface area contributed by atoms with Crippen molar-refractivity contribution in [3.63, 3.8) is 0 Å². The molecule has 3 rings (SSSR count). The van der Waals surface area contributed by atoms with Crippen LogP contribution < -0.4 is 10.2 Å². The van der Waals surface area contributed by atoms with E-state index in [0.29, 0.717) is 19.0 Å². The van der Waals surface area contributed by atoms with Crippen molar-refractivity contribution in [2.45, 2.75) is 45.3 Å². The zero-order chi connectivity index (χ0) is 17.3. The maximum atomic E-state index is 13.6. The molecule has 0 saturated carbocycles. The van der Waals surface area contributed by atoms with E-state index in [9.17, 15) is 9.18 Å². The summed E-state index contributed by atoms with van der Waals surface area (Å²) in [4.78, 5) is 18.0. The molecule has 1 aliphatic rings. The maximum absolute atomic E-state index is 13.6. The molecule has 0 atom stereocenters. The maximum Gasteiger partial charge on any atom is 0.407 e. The number of rotatable bonds is 2. The van der Waals surface area contributed by atoms with E-state index in [1.807, 2.05) is 25.7 Å². The Bertz CT molecular complexity index is 733. The lowest BCUT2D eigenvalue weighted by Crippen LogP contribution is -2.46. The van der Waals surface area contributed by atoms with Crippen molar-refractivity contribution in [3.8, 4) is 0 Å². The lowest BCUT2D eigenvalue weighted by atomic mass is 10.1. The molecule has 2 aromatic heterocycles. The minimum Gasteiger partial charge on any atom is -0.444 e. The van der Waals surface area contributed by atoms with Crippen molar-refractivity contribution in [3.05, 3.63) is 18.3 Å². The number of piperidine rings is 1. The highest BCUT2D eigenvalue weighted by atomic mass is 19.1. The van der Waals surface area contributed by atoms with Gasteiger partial charge in [0.1, 0.15) is 11.9 Å². The molecule has 1 amide bonds. The van der Waals surface area contributed by atoms with Gasteiger partial charge in [-0.25, -0.2) is 18.6 Å². The second kappa shape index (κ2) is 6.21. The highest BCUT2D eigenvalue weighted by molar-refractivity contribution is 5.68. The number of carbonyl (C=O) groups excluding carboxylic acids is 1. The van der Waals surface area contributed by atoms with Crippen LogP contribution in [0.2, 0.25) is 0 Å². The highest BCUT2D eigenvalue weighted by Gasteiger charge is 2.25. The summed E-state index contributed by atoms with van der Waals surface area (Å²) >= 11 is 0. The molecule has 9 heteroatoms. The standard InChI is InChI=1S/C15H21FN6O2/c1-15(2,3)24-14(23)19-10-4-6-21(7-5-10)13-17-8-11(16)12-20-18-9-22(12)13/h8-10H,4-7H2,1-3H3,(H,19,23). The van der Waals surface area contributed by atoms with Crippen LogP contribution in [-0.4, -0.2) is 50.4 Å². The molecule has 0 spiro atoms. The monoisotopic (exact) mass is 336 g/mol. The van der Waals surface area contributed by atoms with E-state index >= 15 is 0 Å². The van der Waals surface area contributed by atoms with Crippen LogP contribution in [0, 0.1) is 5.82 Å². The van der Waals surface area contributed by atoms with E-state index in [1.165, 1.54) is 10.7 Å². The van der Waals surface area contributed by atoms with E-state index in [1.54, 1.807) is 0 Å². The first-order valence-corrected chi connectivity index (χ1v) is 7.92. The van der Waals surface area contributed by atoms with Crippen molar-refractivity contribution in [2.75, 3.05) is 18.0 Å². The fraction of sp³-hybridized carbons (Fsp3) is 0.600. The largest absolute Gasteiger partial charge is 0.444 e. The van der Waals surface area contributed by atoms with E-state index < -0.39 is 17.5 Å². The third-order valence-corrected chi connectivity index (χ3v) is 3.77. The number of aromatic nitrogens is 4. The zero-order valence-corrected chi connectivity index (χ0v) is 14.0. The number of anilines is 1. The van der Waals surface area contributed by atoms with Crippen LogP contribution in [-0.2, 0) is 4.74 Å². The van der Waals surface area contributed by atoms with Crippen LogP contribution in [0.25, 0.3) is 5.65 Å². The summed E-state index contributed by atoms with van der Waals surface area (Å²) in [5, 5.41) is 10.4. The number of hydrogen-bond donors (Lipinski definition) is 1. The van der Waals surface area contributed by atoms with Crippen molar-refractivity contribution < 1.29 is 13.9 Å². The molecule has 0 bridgehead atoms. The zero-order valence-electron chi connectivity index (χ0n) is 14.0. The van der Waals surface area contributed by atoms with Gasteiger partial charge in [-0.15, -0.1) is 10.2 Å². The molecule has 130 valence electrons. The first-order valence-electron chi connectivity index (χ1n) is 7.92. The third kappa shape index (κ3) is 3.55. The first kappa shape index (κ1) is 16.4. The van der Waals surface area contributed by atoms with Gasteiger partial charge in [-0.1, -0.05) is 0 Å². The quantitative estimate of drug-likeness (QED) is 0.899. The summed E-state index contributed by atoms with van der Waals surface area (Å²) in [5.41, 5.74) is -0.350. The molecule has 1 N–H and O–H groups in total. The second-order valence-electron chi connectivity index (χ2n) is 6.84. The van der Waals surface area contributed by atoms with Gasteiger partial charge >= 0.3 is 6.09 Å². The Balaban J connectivity index is 1.62. The van der Waals surface area contributed by atoms with Gasteiger partial charge in [0, 0.05) is 19.1 Å². The molecule has 24 heavy (non-hydrogen) atoms. The number of nitrogens with one attached hydrogen (secondary N) is 1. The molecule has 8 nitrogen and oxygen atoms in total. The van der Waals surface area contributed by atoms with E-state index in [2.05, 4.69) is 20.5 Å². The van der Waals surface area contributed by atoms with Crippen LogP contribution in [0.3, 0.4) is 0 Å². The van der Waals surface area contributed by atoms with Crippen LogP contribution in [0.4, 0.5) is 15.1 Å². The van der Waals surface area contributed by atoms with Crippen molar-refractivity contribution in [1.29, 1.82) is 0 Å². The Hall–Kier alpha value is -2.45. The topological polar surface area (TPSA) is 84.6 Å². The summed E-state index contributed by atoms with van der Waals surface area (Å²) in [6.07, 6.45) is 3.71. The average Bonchev–Trinajstić information content (AvgIpc) is 2.97. The van der Waals surface area contributed by atoms with Gasteiger partial charge in [-0.3, -0.25) is 0 Å². The van der Waals surface area contributed by atoms with Crippen LogP contribution in [0.15, 0.2) is 12.5 Å². The van der Waals surface area contributed by atoms with Crippen LogP contribution in [0.5, 0.6) is 0 Å². The molecule has 1 saturated heterocycles. The summed E-state index contributed by atoms with van der Waals surface area (Å²) in [6, 6.07) is 0.0490. The Morgan fingerprint density at radius 2 is 2.08 bits per heavy atom. The fourth-order valence-corrected chi connectivity index (χ4v) is 2.71. The molecule has 0 radical (unpaired) electrons. The van der Waals surface area contributed by atoms with Gasteiger partial charge in [0.25, 0.3) is 0 Å². The van der Waals surface area contributed by atoms with Gasteiger partial charge < -0.3 is 15.0 Å². The third-order valence-electron chi connectivity index (χ3n) is 3.77. The van der Waals surface area contributed by atoms with Crippen molar-refractivity contribution >= 4 is 17.7 Å². The van der Waals surface area contributed by atoms with Gasteiger partial charge in [0.15, 0.2) is 5.82 Å². The van der Waals surface area contributed by atoms with Gasteiger partial charge in [0.2, 0.25) is 11.6 Å². The normalized spacial score (nSPS) is 16.4. The summed E-state index contributed by atoms with van der Waals surface area (Å²) in [5.74, 6) is 0.102. The molecule has 0 aliphatic carbocycles. The molecule has 0 unspecified atom stereocenters. The number of alkyl carbamates (subject to hydrolysis) is 1. The molecule has 1 aliphatic heterocycles. The van der Waals surface area contributed by atoms with E-state index in [-0.39, 0.29) is 11.7 Å². The predicted molar refractivity (Wildman–Crippen MR) is 85.3 cm³/mol. The first-order chi connectivity index (χ1) is 11.3. The van der Waals surface area contributed by atoms with Crippen LogP contribution in [0.1, 0.15) is 33.6 Å². The fourth-order valence-electron chi connectivity index (χ4n) is 2.71. The Morgan fingerprint density at radius 1 is 1.38 bits per heavy atom. The van der Waals surface area contributed by atoms with Crippen molar-refractivity contribution in [2.24, 2.45) is 0 Å². The lowest BCUT2D eigenvalue weighted by molar-refractivity contribution is 0.0497. The number of hydrogen-bond acceptors (Lipinski definition) is 6. The molecule has 3 heterocycles. The van der Waals surface area contributed by atoms with Gasteiger partial charge in [0.05, 0.1) is 6.20 Å². The molecular formula is C15H21FN6O2. The lowest BCUT2D eigenvalue weighted by Gasteiger charge is -2.33. The minimum absolute atomic E-state index is 0.0490. The second-order valence-corrected chi connectivity index (χ2v) is 6.84. The van der Waals surface area contributed by atoms with Gasteiger partial charge in [-0.05, 0) is 33.6 Å². The summed E-state index contributed by atoms with van der Waals surface area (Å²) in [7, 11) is 0. The molecule has 0 aromatic carbocycles. The molecule has 1 fully saturated rings. The van der Waals surface area contributed by atoms with Crippen molar-refractivity contribution in [1.82, 2.24) is 24.9 Å². The van der Waals surface area contributed by atoms with E-state index in [0.717, 1.165) is 19.0 Å². The average molecular weight is 336 g/mol.